The van der Waals surface area contributed by atoms with E-state index in [1.165, 1.54) is 6.92 Å². The van der Waals surface area contributed by atoms with E-state index in [9.17, 15) is 4.79 Å². The Morgan fingerprint density at radius 2 is 2.31 bits per heavy atom. The second-order valence-electron chi connectivity index (χ2n) is 3.34. The first kappa shape index (κ1) is 12.1. The zero-order valence-electron chi connectivity index (χ0n) is 9.49. The average molecular weight is 220 g/mol. The number of benzene rings is 1. The molecule has 0 aliphatic heterocycles. The van der Waals surface area contributed by atoms with Crippen molar-refractivity contribution in [3.05, 3.63) is 29.8 Å². The van der Waals surface area contributed by atoms with Gasteiger partial charge in [-0.25, -0.2) is 0 Å². The van der Waals surface area contributed by atoms with Crippen molar-refractivity contribution in [3.63, 3.8) is 0 Å². The van der Waals surface area contributed by atoms with Gasteiger partial charge in [-0.15, -0.1) is 0 Å². The number of hydrogen-bond donors (Lipinski definition) is 2. The van der Waals surface area contributed by atoms with Gasteiger partial charge >= 0.3 is 0 Å². The summed E-state index contributed by atoms with van der Waals surface area (Å²) in [6, 6.07) is 5.44. The summed E-state index contributed by atoms with van der Waals surface area (Å²) in [4.78, 5) is 10.6. The maximum absolute atomic E-state index is 10.6. The molecular weight excluding hydrogens is 204 g/mol. The minimum atomic E-state index is -0.0473. The van der Waals surface area contributed by atoms with Crippen molar-refractivity contribution in [1.29, 1.82) is 0 Å². The monoisotopic (exact) mass is 220 g/mol. The van der Waals surface area contributed by atoms with Crippen LogP contribution in [0, 0.1) is 0 Å². The Kier molecular flexibility index (Phi) is 4.39. The molecular formula is C12H16N2O2. The number of amides is 1. The number of rotatable bonds is 4. The first-order valence-electron chi connectivity index (χ1n) is 4.98. The number of nitrogens with one attached hydrogen (secondary N) is 1. The minimum Gasteiger partial charge on any atom is -0.496 e. The zero-order chi connectivity index (χ0) is 12.0. The van der Waals surface area contributed by atoms with E-state index in [0.717, 1.165) is 11.3 Å². The summed E-state index contributed by atoms with van der Waals surface area (Å²) in [5.41, 5.74) is 7.23. The number of nitrogen functional groups attached to an aromatic ring is 1. The van der Waals surface area contributed by atoms with Crippen molar-refractivity contribution in [3.8, 4) is 5.75 Å². The van der Waals surface area contributed by atoms with Gasteiger partial charge in [0.25, 0.3) is 0 Å². The van der Waals surface area contributed by atoms with Crippen molar-refractivity contribution in [2.24, 2.45) is 0 Å². The largest absolute Gasteiger partial charge is 0.496 e. The fourth-order valence-corrected chi connectivity index (χ4v) is 1.25. The van der Waals surface area contributed by atoms with Gasteiger partial charge in [-0.2, -0.15) is 0 Å². The van der Waals surface area contributed by atoms with Crippen molar-refractivity contribution >= 4 is 17.7 Å². The molecule has 0 aromatic heterocycles. The molecule has 86 valence electrons. The van der Waals surface area contributed by atoms with Gasteiger partial charge in [0.1, 0.15) is 5.75 Å². The molecule has 3 N–H and O–H groups in total. The SMILES string of the molecule is COc1cc(N)ccc1C=CCNC(C)=O. The highest BCUT2D eigenvalue weighted by molar-refractivity contribution is 5.73. The molecule has 1 rings (SSSR count). The number of anilines is 1. The van der Waals surface area contributed by atoms with Gasteiger partial charge in [-0.05, 0) is 12.1 Å². The molecule has 1 aromatic carbocycles. The predicted molar refractivity (Wildman–Crippen MR) is 65.1 cm³/mol. The van der Waals surface area contributed by atoms with Crippen LogP contribution in [0.15, 0.2) is 24.3 Å². The van der Waals surface area contributed by atoms with E-state index in [2.05, 4.69) is 5.32 Å². The zero-order valence-corrected chi connectivity index (χ0v) is 9.49. The maximum Gasteiger partial charge on any atom is 0.217 e. The molecule has 4 nitrogen and oxygen atoms in total. The Hall–Kier alpha value is -1.97. The summed E-state index contributed by atoms with van der Waals surface area (Å²) in [6.07, 6.45) is 3.74. The molecule has 4 heteroatoms. The van der Waals surface area contributed by atoms with Crippen molar-refractivity contribution in [2.45, 2.75) is 6.92 Å². The molecule has 0 heterocycles. The summed E-state index contributed by atoms with van der Waals surface area (Å²) in [7, 11) is 1.60. The molecule has 0 saturated carbocycles. The lowest BCUT2D eigenvalue weighted by Gasteiger charge is -2.05. The summed E-state index contributed by atoms with van der Waals surface area (Å²) < 4.78 is 5.19. The van der Waals surface area contributed by atoms with Gasteiger partial charge in [0.15, 0.2) is 0 Å². The van der Waals surface area contributed by atoms with Gasteiger partial charge in [-0.3, -0.25) is 4.79 Å². The molecule has 0 aliphatic rings. The molecule has 1 amide bonds. The standard InChI is InChI=1S/C12H16N2O2/c1-9(15)14-7-3-4-10-5-6-11(13)8-12(10)16-2/h3-6,8H,7,13H2,1-2H3,(H,14,15). The Labute approximate surface area is 95.1 Å². The molecule has 0 spiro atoms. The predicted octanol–water partition coefficient (Wildman–Crippen LogP) is 1.43. The number of carbonyl (C=O) groups is 1. The third-order valence-corrected chi connectivity index (χ3v) is 2.02. The number of hydrogen-bond acceptors (Lipinski definition) is 3. The lowest BCUT2D eigenvalue weighted by atomic mass is 10.1. The summed E-state index contributed by atoms with van der Waals surface area (Å²) in [5, 5.41) is 2.67. The highest BCUT2D eigenvalue weighted by atomic mass is 16.5. The van der Waals surface area contributed by atoms with Crippen LogP contribution >= 0.6 is 0 Å². The van der Waals surface area contributed by atoms with Gasteiger partial charge in [0.05, 0.1) is 7.11 Å². The van der Waals surface area contributed by atoms with E-state index >= 15 is 0 Å². The Morgan fingerprint density at radius 3 is 2.94 bits per heavy atom. The smallest absolute Gasteiger partial charge is 0.217 e. The van der Waals surface area contributed by atoms with Crippen molar-refractivity contribution < 1.29 is 9.53 Å². The molecule has 0 unspecified atom stereocenters. The molecule has 1 aromatic rings. The Morgan fingerprint density at radius 1 is 1.56 bits per heavy atom. The van der Waals surface area contributed by atoms with Crippen LogP contribution in [0.2, 0.25) is 0 Å². The van der Waals surface area contributed by atoms with E-state index in [1.54, 1.807) is 19.2 Å². The van der Waals surface area contributed by atoms with Crippen LogP contribution in [0.3, 0.4) is 0 Å². The number of carbonyl (C=O) groups excluding carboxylic acids is 1. The van der Waals surface area contributed by atoms with E-state index in [1.807, 2.05) is 18.2 Å². The quantitative estimate of drug-likeness (QED) is 0.754. The fraction of sp³-hybridized carbons (Fsp3) is 0.250. The minimum absolute atomic E-state index is 0.0473. The summed E-state index contributed by atoms with van der Waals surface area (Å²) in [6.45, 7) is 1.99. The van der Waals surface area contributed by atoms with Crippen molar-refractivity contribution in [1.82, 2.24) is 5.32 Å². The average Bonchev–Trinajstić information content (AvgIpc) is 2.25. The van der Waals surface area contributed by atoms with Crippen LogP contribution in [0.25, 0.3) is 6.08 Å². The van der Waals surface area contributed by atoms with Gasteiger partial charge in [-0.1, -0.05) is 12.2 Å². The van der Waals surface area contributed by atoms with E-state index in [-0.39, 0.29) is 5.91 Å². The third kappa shape index (κ3) is 3.65. The first-order chi connectivity index (χ1) is 7.63. The van der Waals surface area contributed by atoms with Crippen LogP contribution in [0.5, 0.6) is 5.75 Å². The first-order valence-corrected chi connectivity index (χ1v) is 4.98. The highest BCUT2D eigenvalue weighted by Crippen LogP contribution is 2.22. The Balaban J connectivity index is 2.69. The molecule has 16 heavy (non-hydrogen) atoms. The van der Waals surface area contributed by atoms with Crippen LogP contribution in [0.4, 0.5) is 5.69 Å². The van der Waals surface area contributed by atoms with E-state index in [4.69, 9.17) is 10.5 Å². The number of methoxy groups -OCH3 is 1. The van der Waals surface area contributed by atoms with Gasteiger partial charge in [0.2, 0.25) is 5.91 Å². The van der Waals surface area contributed by atoms with Crippen LogP contribution in [-0.4, -0.2) is 19.6 Å². The van der Waals surface area contributed by atoms with Gasteiger partial charge < -0.3 is 15.8 Å². The lowest BCUT2D eigenvalue weighted by molar-refractivity contribution is -0.118. The van der Waals surface area contributed by atoms with E-state index < -0.39 is 0 Å². The normalized spacial score (nSPS) is 10.4. The molecule has 0 radical (unpaired) electrons. The highest BCUT2D eigenvalue weighted by Gasteiger charge is 1.99. The summed E-state index contributed by atoms with van der Waals surface area (Å²) >= 11 is 0. The van der Waals surface area contributed by atoms with E-state index in [0.29, 0.717) is 12.2 Å². The second-order valence-corrected chi connectivity index (χ2v) is 3.34. The third-order valence-electron chi connectivity index (χ3n) is 2.02. The van der Waals surface area contributed by atoms with Gasteiger partial charge in [0, 0.05) is 30.8 Å². The maximum atomic E-state index is 10.6. The van der Waals surface area contributed by atoms with Crippen LogP contribution in [0.1, 0.15) is 12.5 Å². The number of ether oxygens (including phenoxy) is 1. The lowest BCUT2D eigenvalue weighted by Crippen LogP contribution is -2.19. The second kappa shape index (κ2) is 5.80. The molecule has 0 atom stereocenters. The molecule has 0 bridgehead atoms. The van der Waals surface area contributed by atoms with Crippen LogP contribution in [-0.2, 0) is 4.79 Å². The molecule has 0 fully saturated rings. The topological polar surface area (TPSA) is 64.3 Å². The molecule has 0 saturated heterocycles. The Bertz CT molecular complexity index is 400. The fourth-order valence-electron chi connectivity index (χ4n) is 1.25. The summed E-state index contributed by atoms with van der Waals surface area (Å²) in [5.74, 6) is 0.674. The van der Waals surface area contributed by atoms with Crippen LogP contribution < -0.4 is 15.8 Å². The van der Waals surface area contributed by atoms with Crippen molar-refractivity contribution in [2.75, 3.05) is 19.4 Å². The molecule has 0 aliphatic carbocycles. The number of nitrogens with two attached hydrogens (primary N) is 1.